The van der Waals surface area contributed by atoms with Crippen molar-refractivity contribution in [1.29, 1.82) is 0 Å². The van der Waals surface area contributed by atoms with E-state index in [-0.39, 0.29) is 19.1 Å². The van der Waals surface area contributed by atoms with Gasteiger partial charge in [0.05, 0.1) is 13.7 Å². The number of ether oxygens (including phenoxy) is 2. The Morgan fingerprint density at radius 2 is 1.74 bits per heavy atom. The molecule has 0 atom stereocenters. The number of carbonyl (C=O) groups excluding carboxylic acids is 1. The first kappa shape index (κ1) is 18.4. The van der Waals surface area contributed by atoms with Crippen molar-refractivity contribution in [1.82, 2.24) is 15.0 Å². The van der Waals surface area contributed by atoms with Crippen LogP contribution in [0.3, 0.4) is 0 Å². The van der Waals surface area contributed by atoms with Crippen LogP contribution in [0.25, 0.3) is 11.4 Å². The van der Waals surface area contributed by atoms with Crippen molar-refractivity contribution >= 4 is 5.91 Å². The molecular weight excluding hydrogens is 346 g/mol. The highest BCUT2D eigenvalue weighted by Gasteiger charge is 2.15. The smallest absolute Gasteiger partial charge is 0.260 e. The summed E-state index contributed by atoms with van der Waals surface area (Å²) < 4.78 is 15.9. The number of aryl methyl sites for hydroxylation is 1. The Hall–Kier alpha value is -3.35. The summed E-state index contributed by atoms with van der Waals surface area (Å²) in [6.07, 6.45) is 0. The lowest BCUT2D eigenvalue weighted by molar-refractivity contribution is -0.132. The number of aromatic nitrogens is 2. The minimum Gasteiger partial charge on any atom is -0.497 e. The fourth-order valence-electron chi connectivity index (χ4n) is 2.36. The lowest BCUT2D eigenvalue weighted by Crippen LogP contribution is -2.31. The van der Waals surface area contributed by atoms with E-state index in [1.54, 1.807) is 14.2 Å². The quantitative estimate of drug-likeness (QED) is 0.639. The first-order chi connectivity index (χ1) is 13.0. The molecule has 3 aromatic rings. The van der Waals surface area contributed by atoms with E-state index >= 15 is 0 Å². The van der Waals surface area contributed by atoms with Crippen molar-refractivity contribution < 1.29 is 18.8 Å². The summed E-state index contributed by atoms with van der Waals surface area (Å²) in [7, 11) is 3.27. The molecule has 0 spiro atoms. The molecule has 0 aliphatic rings. The van der Waals surface area contributed by atoms with Crippen LogP contribution in [0.15, 0.2) is 53.1 Å². The van der Waals surface area contributed by atoms with Crippen LogP contribution in [-0.4, -0.2) is 41.7 Å². The van der Waals surface area contributed by atoms with Crippen LogP contribution < -0.4 is 9.47 Å². The van der Waals surface area contributed by atoms with Gasteiger partial charge in [0.25, 0.3) is 5.91 Å². The minimum absolute atomic E-state index is 0.0565. The molecule has 0 radical (unpaired) electrons. The van der Waals surface area contributed by atoms with Crippen molar-refractivity contribution in [3.05, 3.63) is 60.0 Å². The monoisotopic (exact) mass is 367 g/mol. The molecule has 0 aliphatic carbocycles. The Balaban J connectivity index is 1.55. The number of amides is 1. The highest BCUT2D eigenvalue weighted by Crippen LogP contribution is 2.20. The molecule has 7 nitrogen and oxygen atoms in total. The largest absolute Gasteiger partial charge is 0.497 e. The van der Waals surface area contributed by atoms with Crippen molar-refractivity contribution in [2.24, 2.45) is 0 Å². The third kappa shape index (κ3) is 4.84. The fourth-order valence-corrected chi connectivity index (χ4v) is 2.36. The summed E-state index contributed by atoms with van der Waals surface area (Å²) in [5.74, 6) is 2.04. The zero-order chi connectivity index (χ0) is 19.2. The van der Waals surface area contributed by atoms with Crippen LogP contribution in [0.4, 0.5) is 0 Å². The van der Waals surface area contributed by atoms with E-state index in [0.717, 1.165) is 16.9 Å². The van der Waals surface area contributed by atoms with Gasteiger partial charge in [-0.1, -0.05) is 22.9 Å². The van der Waals surface area contributed by atoms with Crippen molar-refractivity contribution in [2.75, 3.05) is 20.8 Å². The maximum Gasteiger partial charge on any atom is 0.260 e. The Labute approximate surface area is 157 Å². The summed E-state index contributed by atoms with van der Waals surface area (Å²) in [6, 6.07) is 14.9. The summed E-state index contributed by atoms with van der Waals surface area (Å²) >= 11 is 0. The van der Waals surface area contributed by atoms with Gasteiger partial charge in [0.15, 0.2) is 6.61 Å². The van der Waals surface area contributed by atoms with Crippen molar-refractivity contribution in [3.63, 3.8) is 0 Å². The molecule has 0 saturated carbocycles. The van der Waals surface area contributed by atoms with Crippen LogP contribution in [0, 0.1) is 6.92 Å². The van der Waals surface area contributed by atoms with Crippen LogP contribution in [-0.2, 0) is 11.3 Å². The van der Waals surface area contributed by atoms with E-state index in [1.165, 1.54) is 4.90 Å². The molecule has 140 valence electrons. The molecule has 0 bridgehead atoms. The lowest BCUT2D eigenvalue weighted by atomic mass is 10.2. The van der Waals surface area contributed by atoms with Crippen molar-refractivity contribution in [2.45, 2.75) is 13.5 Å². The molecule has 27 heavy (non-hydrogen) atoms. The highest BCUT2D eigenvalue weighted by atomic mass is 16.5. The second-order valence-electron chi connectivity index (χ2n) is 6.09. The Morgan fingerprint density at radius 1 is 1.07 bits per heavy atom. The topological polar surface area (TPSA) is 77.7 Å². The van der Waals surface area contributed by atoms with Gasteiger partial charge in [-0.25, -0.2) is 0 Å². The fraction of sp³-hybridized carbons (Fsp3) is 0.250. The van der Waals surface area contributed by atoms with Gasteiger partial charge >= 0.3 is 0 Å². The molecule has 0 saturated heterocycles. The van der Waals surface area contributed by atoms with Crippen LogP contribution >= 0.6 is 0 Å². The van der Waals surface area contributed by atoms with E-state index < -0.39 is 0 Å². The normalized spacial score (nSPS) is 10.5. The van der Waals surface area contributed by atoms with Gasteiger partial charge in [0.1, 0.15) is 11.5 Å². The van der Waals surface area contributed by atoms with Gasteiger partial charge in [-0.15, -0.1) is 0 Å². The third-order valence-electron chi connectivity index (χ3n) is 4.00. The van der Waals surface area contributed by atoms with Gasteiger partial charge in [0.2, 0.25) is 11.7 Å². The predicted molar refractivity (Wildman–Crippen MR) is 99.4 cm³/mol. The summed E-state index contributed by atoms with van der Waals surface area (Å²) in [5, 5.41) is 3.96. The predicted octanol–water partition coefficient (Wildman–Crippen LogP) is 3.09. The third-order valence-corrected chi connectivity index (χ3v) is 4.00. The van der Waals surface area contributed by atoms with E-state index in [1.807, 2.05) is 55.5 Å². The second kappa shape index (κ2) is 8.35. The van der Waals surface area contributed by atoms with E-state index in [0.29, 0.717) is 17.5 Å². The molecule has 1 amide bonds. The Kier molecular flexibility index (Phi) is 5.71. The SMILES string of the molecule is COc1ccc(-c2noc(CN(C)C(=O)COc3ccc(C)cc3)n2)cc1. The van der Waals surface area contributed by atoms with Crippen LogP contribution in [0.5, 0.6) is 11.5 Å². The average molecular weight is 367 g/mol. The molecule has 0 aliphatic heterocycles. The summed E-state index contributed by atoms with van der Waals surface area (Å²) in [5.41, 5.74) is 1.94. The molecule has 1 aromatic heterocycles. The van der Waals surface area contributed by atoms with Crippen LogP contribution in [0.2, 0.25) is 0 Å². The molecule has 0 N–H and O–H groups in total. The number of benzene rings is 2. The number of rotatable bonds is 7. The molecule has 0 unspecified atom stereocenters. The summed E-state index contributed by atoms with van der Waals surface area (Å²) in [6.45, 7) is 2.14. The number of likely N-dealkylation sites (N-methyl/N-ethyl adjacent to an activating group) is 1. The standard InChI is InChI=1S/C20H21N3O4/c1-14-4-8-17(9-5-14)26-13-19(24)23(2)12-18-21-20(22-27-18)15-6-10-16(25-3)11-7-15/h4-11H,12-13H2,1-3H3. The number of hydrogen-bond donors (Lipinski definition) is 0. The second-order valence-corrected chi connectivity index (χ2v) is 6.09. The first-order valence-electron chi connectivity index (χ1n) is 8.45. The molecule has 3 rings (SSSR count). The number of methoxy groups -OCH3 is 1. The summed E-state index contributed by atoms with van der Waals surface area (Å²) in [4.78, 5) is 18.1. The van der Waals surface area contributed by atoms with Gasteiger partial charge < -0.3 is 18.9 Å². The average Bonchev–Trinajstić information content (AvgIpc) is 3.15. The molecule has 7 heteroatoms. The maximum atomic E-state index is 12.2. The molecular formula is C20H21N3O4. The molecule has 2 aromatic carbocycles. The lowest BCUT2D eigenvalue weighted by Gasteiger charge is -2.15. The Morgan fingerprint density at radius 3 is 2.41 bits per heavy atom. The highest BCUT2D eigenvalue weighted by molar-refractivity contribution is 5.77. The van der Waals surface area contributed by atoms with E-state index in [4.69, 9.17) is 14.0 Å². The number of carbonyl (C=O) groups is 1. The van der Waals surface area contributed by atoms with Gasteiger partial charge in [-0.3, -0.25) is 4.79 Å². The van der Waals surface area contributed by atoms with Gasteiger partial charge in [-0.05, 0) is 43.3 Å². The Bertz CT molecular complexity index is 888. The first-order valence-corrected chi connectivity index (χ1v) is 8.45. The number of nitrogens with zero attached hydrogens (tertiary/aromatic N) is 3. The zero-order valence-electron chi connectivity index (χ0n) is 15.5. The van der Waals surface area contributed by atoms with Gasteiger partial charge in [-0.2, -0.15) is 4.98 Å². The van der Waals surface area contributed by atoms with Crippen LogP contribution in [0.1, 0.15) is 11.5 Å². The van der Waals surface area contributed by atoms with E-state index in [2.05, 4.69) is 10.1 Å². The zero-order valence-corrected chi connectivity index (χ0v) is 15.5. The number of hydrogen-bond acceptors (Lipinski definition) is 6. The molecule has 1 heterocycles. The van der Waals surface area contributed by atoms with Gasteiger partial charge in [0, 0.05) is 12.6 Å². The molecule has 0 fully saturated rings. The minimum atomic E-state index is -0.181. The van der Waals surface area contributed by atoms with Crippen molar-refractivity contribution in [3.8, 4) is 22.9 Å². The maximum absolute atomic E-state index is 12.2. The van der Waals surface area contributed by atoms with E-state index in [9.17, 15) is 4.79 Å².